The second kappa shape index (κ2) is 24.3. The highest BCUT2D eigenvalue weighted by atomic mass is 28.4. The summed E-state index contributed by atoms with van der Waals surface area (Å²) in [5.74, 6) is 0.101. The van der Waals surface area contributed by atoms with Gasteiger partial charge in [0, 0.05) is 23.8 Å². The van der Waals surface area contributed by atoms with Gasteiger partial charge in [-0.25, -0.2) is 4.79 Å². The van der Waals surface area contributed by atoms with Gasteiger partial charge in [0.25, 0.3) is 0 Å². The van der Waals surface area contributed by atoms with Crippen LogP contribution in [0.15, 0.2) is 42.5 Å². The highest BCUT2D eigenvalue weighted by Crippen LogP contribution is 2.39. The Labute approximate surface area is 312 Å². The third-order valence-electron chi connectivity index (χ3n) is 12.1. The summed E-state index contributed by atoms with van der Waals surface area (Å²) in [5.41, 5.74) is 1.19. The number of carbonyl (C=O) groups excluding carboxylic acids is 1. The summed E-state index contributed by atoms with van der Waals surface area (Å²) >= 11 is 0. The van der Waals surface area contributed by atoms with Gasteiger partial charge in [0.2, 0.25) is 0 Å². The lowest BCUT2D eigenvalue weighted by molar-refractivity contribution is -0.137. The van der Waals surface area contributed by atoms with Gasteiger partial charge in [-0.2, -0.15) is 0 Å². The molecule has 0 spiro atoms. The molecule has 0 radical (unpaired) electrons. The van der Waals surface area contributed by atoms with Crippen LogP contribution in [-0.4, -0.2) is 62.4 Å². The van der Waals surface area contributed by atoms with Crippen molar-refractivity contribution in [3.8, 4) is 0 Å². The van der Waals surface area contributed by atoms with E-state index in [-0.39, 0.29) is 42.0 Å². The summed E-state index contributed by atoms with van der Waals surface area (Å²) in [6.45, 7) is 31.3. The quantitative estimate of drug-likeness (QED) is 0.0483. The van der Waals surface area contributed by atoms with E-state index in [9.17, 15) is 4.79 Å². The smallest absolute Gasteiger partial charge is 0.330 e. The third kappa shape index (κ3) is 14.0. The Balaban J connectivity index is 3.76. The van der Waals surface area contributed by atoms with Gasteiger partial charge in [-0.1, -0.05) is 119 Å². The minimum Gasteiger partial charge on any atom is -0.463 e. The summed E-state index contributed by atoms with van der Waals surface area (Å²) in [6, 6.07) is 20.2. The van der Waals surface area contributed by atoms with Crippen LogP contribution < -0.4 is 0 Å². The highest BCUT2D eigenvalue weighted by molar-refractivity contribution is 6.74. The zero-order valence-electron chi connectivity index (χ0n) is 34.6. The van der Waals surface area contributed by atoms with Crippen LogP contribution >= 0.6 is 0 Å². The van der Waals surface area contributed by atoms with Crippen LogP contribution in [0.2, 0.25) is 54.4 Å². The number of benzene rings is 1. The maximum absolute atomic E-state index is 12.4. The van der Waals surface area contributed by atoms with E-state index in [0.717, 1.165) is 54.4 Å². The van der Waals surface area contributed by atoms with Crippen LogP contribution in [-0.2, 0) is 34.2 Å². The van der Waals surface area contributed by atoms with Crippen LogP contribution in [0, 0.1) is 17.8 Å². The second-order valence-electron chi connectivity index (χ2n) is 14.6. The molecule has 0 amide bonds. The fourth-order valence-electron chi connectivity index (χ4n) is 7.62. The molecule has 0 N–H and O–H groups in total. The van der Waals surface area contributed by atoms with Gasteiger partial charge in [0.05, 0.1) is 38.1 Å². The van der Waals surface area contributed by atoms with Crippen LogP contribution in [0.4, 0.5) is 0 Å². The molecule has 290 valence electrons. The molecular formula is C41H78O6Si3. The normalized spacial score (nSPS) is 16.6. The van der Waals surface area contributed by atoms with E-state index in [4.69, 9.17) is 22.8 Å². The summed E-state index contributed by atoms with van der Waals surface area (Å²) in [5, 5.41) is 0. The molecule has 0 aromatic heterocycles. The van der Waals surface area contributed by atoms with Gasteiger partial charge in [-0.3, -0.25) is 0 Å². The molecule has 0 aliphatic heterocycles. The Bertz CT molecular complexity index is 1030. The lowest BCUT2D eigenvalue weighted by Crippen LogP contribution is -2.54. The zero-order valence-corrected chi connectivity index (χ0v) is 37.6. The van der Waals surface area contributed by atoms with Crippen molar-refractivity contribution >= 4 is 30.9 Å². The average Bonchev–Trinajstić information content (AvgIpc) is 3.15. The topological polar surface area (TPSA) is 63.2 Å². The molecule has 0 aliphatic carbocycles. The van der Waals surface area contributed by atoms with Crippen molar-refractivity contribution in [1.82, 2.24) is 0 Å². The van der Waals surface area contributed by atoms with Crippen LogP contribution in [0.1, 0.15) is 102 Å². The van der Waals surface area contributed by atoms with E-state index in [1.54, 1.807) is 6.08 Å². The first kappa shape index (κ1) is 46.9. The van der Waals surface area contributed by atoms with E-state index < -0.39 is 25.0 Å². The van der Waals surface area contributed by atoms with Gasteiger partial charge in [-0.05, 0) is 73.3 Å². The molecule has 0 bridgehead atoms. The highest BCUT2D eigenvalue weighted by Gasteiger charge is 2.45. The van der Waals surface area contributed by atoms with Crippen molar-refractivity contribution in [3.05, 3.63) is 48.0 Å². The Morgan fingerprint density at radius 1 is 0.640 bits per heavy atom. The first-order chi connectivity index (χ1) is 23.9. The lowest BCUT2D eigenvalue weighted by Gasteiger charge is -2.47. The van der Waals surface area contributed by atoms with Crippen molar-refractivity contribution in [3.63, 3.8) is 0 Å². The molecule has 50 heavy (non-hydrogen) atoms. The first-order valence-corrected chi connectivity index (χ1v) is 27.9. The van der Waals surface area contributed by atoms with Crippen molar-refractivity contribution in [2.75, 3.05) is 13.2 Å². The molecule has 1 aromatic carbocycles. The summed E-state index contributed by atoms with van der Waals surface area (Å²) in [4.78, 5) is 12.4. The molecule has 0 heterocycles. The predicted molar refractivity (Wildman–Crippen MR) is 220 cm³/mol. The van der Waals surface area contributed by atoms with Gasteiger partial charge in [0.15, 0.2) is 25.0 Å². The zero-order chi connectivity index (χ0) is 37.8. The SMILES string of the molecule is CCOC(=O)/C=C/C[C@@H](O[Si](CC)(CC)CC)[C@H](C)[C@H](O[Si](CC)(CC)CC)[C@@H](C)[C@@H](O[Si](CC)(CC)CC)[C@@H](C)COCc1ccccc1. The number of hydrogen-bond acceptors (Lipinski definition) is 6. The molecule has 6 atom stereocenters. The number of rotatable bonds is 28. The Morgan fingerprint density at radius 2 is 1.10 bits per heavy atom. The second-order valence-corrected chi connectivity index (χ2v) is 28.8. The van der Waals surface area contributed by atoms with Gasteiger partial charge in [0.1, 0.15) is 0 Å². The largest absolute Gasteiger partial charge is 0.463 e. The molecule has 1 rings (SSSR count). The van der Waals surface area contributed by atoms with Gasteiger partial charge < -0.3 is 22.8 Å². The fourth-order valence-corrected chi connectivity index (χ4v) is 16.6. The average molecular weight is 751 g/mol. The number of esters is 1. The molecule has 6 nitrogen and oxygen atoms in total. The molecule has 1 aromatic rings. The van der Waals surface area contributed by atoms with E-state index in [0.29, 0.717) is 26.2 Å². The van der Waals surface area contributed by atoms with Crippen molar-refractivity contribution in [2.24, 2.45) is 17.8 Å². The maximum atomic E-state index is 12.4. The van der Waals surface area contributed by atoms with Crippen LogP contribution in [0.5, 0.6) is 0 Å². The Kier molecular flexibility index (Phi) is 22.8. The molecular weight excluding hydrogens is 673 g/mol. The Hall–Kier alpha value is -1.08. The lowest BCUT2D eigenvalue weighted by atomic mass is 9.82. The summed E-state index contributed by atoms with van der Waals surface area (Å²) in [7, 11) is -6.02. The first-order valence-electron chi connectivity index (χ1n) is 20.4. The van der Waals surface area contributed by atoms with Crippen molar-refractivity contribution < 1.29 is 27.5 Å². The van der Waals surface area contributed by atoms with E-state index in [2.05, 4.69) is 107 Å². The van der Waals surface area contributed by atoms with E-state index in [1.165, 1.54) is 5.56 Å². The van der Waals surface area contributed by atoms with Gasteiger partial charge >= 0.3 is 5.97 Å². The minimum atomic E-state index is -2.04. The van der Waals surface area contributed by atoms with Crippen LogP contribution in [0.3, 0.4) is 0 Å². The molecule has 0 fully saturated rings. The predicted octanol–water partition coefficient (Wildman–Crippen LogP) is 11.8. The van der Waals surface area contributed by atoms with Crippen molar-refractivity contribution in [1.29, 1.82) is 0 Å². The monoisotopic (exact) mass is 751 g/mol. The summed E-state index contributed by atoms with van der Waals surface area (Å²) in [6.07, 6.45) is 4.07. The van der Waals surface area contributed by atoms with E-state index >= 15 is 0 Å². The molecule has 0 saturated carbocycles. The van der Waals surface area contributed by atoms with Crippen LogP contribution in [0.25, 0.3) is 0 Å². The number of carbonyl (C=O) groups is 1. The number of ether oxygens (including phenoxy) is 2. The third-order valence-corrected chi connectivity index (χ3v) is 26.0. The molecule has 0 saturated heterocycles. The summed E-state index contributed by atoms with van der Waals surface area (Å²) < 4.78 is 34.2. The molecule has 0 unspecified atom stereocenters. The standard InChI is InChI=1S/C41H78O6Si3/c1-14-44-39(42)31-27-30-38(45-48(15-2,16-3)17-4)35(12)41(47-50(21-8,22-9)23-10)36(13)40(46-49(18-5,19-6)20-7)34(11)32-43-33-37-28-25-24-26-29-37/h24-29,31,34-36,38,40-41H,14-23,30,32-33H2,1-13H3/b31-27+/t34-,35-,36-,38+,40-,41-/m0/s1. The van der Waals surface area contributed by atoms with Crippen molar-refractivity contribution in [2.45, 2.75) is 176 Å². The Morgan fingerprint density at radius 3 is 1.56 bits per heavy atom. The molecule has 9 heteroatoms. The molecule has 0 aliphatic rings. The van der Waals surface area contributed by atoms with Gasteiger partial charge in [-0.15, -0.1) is 0 Å². The fraction of sp³-hybridized carbons (Fsp3) is 0.780. The maximum Gasteiger partial charge on any atom is 0.330 e. The number of hydrogen-bond donors (Lipinski definition) is 0. The minimum absolute atomic E-state index is 0.0109. The van der Waals surface area contributed by atoms with E-state index in [1.807, 2.05) is 19.1 Å².